The van der Waals surface area contributed by atoms with Gasteiger partial charge in [-0.05, 0) is 24.3 Å². The van der Waals surface area contributed by atoms with Gasteiger partial charge in [-0.1, -0.05) is 51.1 Å². The first kappa shape index (κ1) is 16.0. The second-order valence-corrected chi connectivity index (χ2v) is 6.45. The van der Waals surface area contributed by atoms with Crippen molar-refractivity contribution in [3.8, 4) is 0 Å². The largest absolute Gasteiger partial charge is 0.337 e. The van der Waals surface area contributed by atoms with Crippen molar-refractivity contribution in [3.63, 3.8) is 0 Å². The Kier molecular flexibility index (Phi) is 5.80. The topological polar surface area (TPSA) is 32.3 Å². The van der Waals surface area contributed by atoms with Crippen LogP contribution in [0.2, 0.25) is 0 Å². The van der Waals surface area contributed by atoms with E-state index in [1.807, 2.05) is 6.07 Å². The molecule has 1 amide bonds. The SMILES string of the molecule is CCCC(=O)N1CC(c2ccccc2)NCC1CC(C)C. The number of carbonyl (C=O) groups excluding carboxylic acids is 1. The molecule has 2 unspecified atom stereocenters. The fraction of sp³-hybridized carbons (Fsp3) is 0.611. The van der Waals surface area contributed by atoms with E-state index in [1.54, 1.807) is 0 Å². The van der Waals surface area contributed by atoms with Crippen LogP contribution < -0.4 is 5.32 Å². The number of nitrogens with one attached hydrogen (secondary N) is 1. The van der Waals surface area contributed by atoms with E-state index in [9.17, 15) is 4.79 Å². The molecule has 3 nitrogen and oxygen atoms in total. The summed E-state index contributed by atoms with van der Waals surface area (Å²) < 4.78 is 0. The molecule has 116 valence electrons. The van der Waals surface area contributed by atoms with Crippen molar-refractivity contribution in [1.82, 2.24) is 10.2 Å². The maximum atomic E-state index is 12.5. The van der Waals surface area contributed by atoms with Crippen molar-refractivity contribution < 1.29 is 4.79 Å². The Hall–Kier alpha value is -1.35. The highest BCUT2D eigenvalue weighted by molar-refractivity contribution is 5.76. The monoisotopic (exact) mass is 288 g/mol. The fourth-order valence-electron chi connectivity index (χ4n) is 3.13. The van der Waals surface area contributed by atoms with Gasteiger partial charge in [-0.3, -0.25) is 4.79 Å². The van der Waals surface area contributed by atoms with Crippen LogP contribution in [0.5, 0.6) is 0 Å². The zero-order valence-corrected chi connectivity index (χ0v) is 13.5. The van der Waals surface area contributed by atoms with Gasteiger partial charge < -0.3 is 10.2 Å². The van der Waals surface area contributed by atoms with Gasteiger partial charge in [0.05, 0.1) is 0 Å². The zero-order chi connectivity index (χ0) is 15.2. The number of nitrogens with zero attached hydrogens (tertiary/aromatic N) is 1. The molecule has 1 N–H and O–H groups in total. The fourth-order valence-corrected chi connectivity index (χ4v) is 3.13. The second kappa shape index (κ2) is 7.60. The summed E-state index contributed by atoms with van der Waals surface area (Å²) in [5.74, 6) is 0.924. The molecule has 2 atom stereocenters. The lowest BCUT2D eigenvalue weighted by atomic mass is 9.96. The first-order valence-electron chi connectivity index (χ1n) is 8.19. The van der Waals surface area contributed by atoms with Gasteiger partial charge in [-0.2, -0.15) is 0 Å². The van der Waals surface area contributed by atoms with E-state index in [0.717, 1.165) is 25.9 Å². The number of hydrogen-bond acceptors (Lipinski definition) is 2. The quantitative estimate of drug-likeness (QED) is 0.901. The van der Waals surface area contributed by atoms with Crippen LogP contribution in [-0.4, -0.2) is 29.9 Å². The van der Waals surface area contributed by atoms with Crippen LogP contribution in [0, 0.1) is 5.92 Å². The lowest BCUT2D eigenvalue weighted by molar-refractivity contribution is -0.135. The molecule has 3 heteroatoms. The van der Waals surface area contributed by atoms with Crippen molar-refractivity contribution in [3.05, 3.63) is 35.9 Å². The van der Waals surface area contributed by atoms with Crippen molar-refractivity contribution >= 4 is 5.91 Å². The molecular formula is C18H28N2O. The number of benzene rings is 1. The Morgan fingerprint density at radius 1 is 1.33 bits per heavy atom. The Balaban J connectivity index is 2.10. The van der Waals surface area contributed by atoms with E-state index in [-0.39, 0.29) is 6.04 Å². The highest BCUT2D eigenvalue weighted by atomic mass is 16.2. The van der Waals surface area contributed by atoms with Crippen LogP contribution in [0.4, 0.5) is 0 Å². The Labute approximate surface area is 128 Å². The molecule has 0 aromatic heterocycles. The normalized spacial score (nSPS) is 22.6. The van der Waals surface area contributed by atoms with Crippen LogP contribution in [0.15, 0.2) is 30.3 Å². The third-order valence-corrected chi connectivity index (χ3v) is 4.15. The average molecular weight is 288 g/mol. The number of rotatable bonds is 5. The van der Waals surface area contributed by atoms with E-state index in [4.69, 9.17) is 0 Å². The maximum absolute atomic E-state index is 12.5. The molecule has 1 aromatic carbocycles. The summed E-state index contributed by atoms with van der Waals surface area (Å²) >= 11 is 0. The molecule has 21 heavy (non-hydrogen) atoms. The summed E-state index contributed by atoms with van der Waals surface area (Å²) in [5.41, 5.74) is 1.27. The molecule has 1 aliphatic heterocycles. The highest BCUT2D eigenvalue weighted by Gasteiger charge is 2.31. The van der Waals surface area contributed by atoms with Gasteiger partial charge in [-0.15, -0.1) is 0 Å². The third kappa shape index (κ3) is 4.31. The van der Waals surface area contributed by atoms with Gasteiger partial charge in [0.25, 0.3) is 0 Å². The Morgan fingerprint density at radius 2 is 2.05 bits per heavy atom. The third-order valence-electron chi connectivity index (χ3n) is 4.15. The predicted octanol–water partition coefficient (Wildman–Crippen LogP) is 3.37. The zero-order valence-electron chi connectivity index (χ0n) is 13.5. The van der Waals surface area contributed by atoms with Gasteiger partial charge in [0.1, 0.15) is 0 Å². The Morgan fingerprint density at radius 3 is 2.67 bits per heavy atom. The molecule has 0 spiro atoms. The van der Waals surface area contributed by atoms with E-state index in [2.05, 4.69) is 55.3 Å². The van der Waals surface area contributed by atoms with Crippen molar-refractivity contribution in [2.24, 2.45) is 5.92 Å². The first-order chi connectivity index (χ1) is 10.1. The molecule has 0 radical (unpaired) electrons. The summed E-state index contributed by atoms with van der Waals surface area (Å²) in [7, 11) is 0. The summed E-state index contributed by atoms with van der Waals surface area (Å²) in [6.45, 7) is 8.22. The average Bonchev–Trinajstić information content (AvgIpc) is 2.48. The van der Waals surface area contributed by atoms with Crippen molar-refractivity contribution in [1.29, 1.82) is 0 Å². The van der Waals surface area contributed by atoms with E-state index >= 15 is 0 Å². The Bertz CT molecular complexity index is 444. The standard InChI is InChI=1S/C18H28N2O/c1-4-8-18(21)20-13-17(15-9-6-5-7-10-15)19-12-16(20)11-14(2)3/h5-7,9-10,14,16-17,19H,4,8,11-13H2,1-3H3. The minimum absolute atomic E-state index is 0.260. The molecule has 0 aliphatic carbocycles. The minimum Gasteiger partial charge on any atom is -0.337 e. The summed E-state index contributed by atoms with van der Waals surface area (Å²) in [5, 5.41) is 3.62. The molecule has 0 bridgehead atoms. The van der Waals surface area contributed by atoms with E-state index in [0.29, 0.717) is 24.3 Å². The van der Waals surface area contributed by atoms with Gasteiger partial charge in [-0.25, -0.2) is 0 Å². The summed E-state index contributed by atoms with van der Waals surface area (Å²) in [4.78, 5) is 14.6. The molecule has 2 rings (SSSR count). The lowest BCUT2D eigenvalue weighted by Gasteiger charge is -2.41. The van der Waals surface area contributed by atoms with Crippen molar-refractivity contribution in [2.45, 2.75) is 52.1 Å². The maximum Gasteiger partial charge on any atom is 0.222 e. The molecule has 1 saturated heterocycles. The molecule has 1 heterocycles. The molecule has 1 fully saturated rings. The van der Waals surface area contributed by atoms with Crippen LogP contribution in [0.25, 0.3) is 0 Å². The van der Waals surface area contributed by atoms with Gasteiger partial charge in [0.15, 0.2) is 0 Å². The van der Waals surface area contributed by atoms with E-state index < -0.39 is 0 Å². The summed E-state index contributed by atoms with van der Waals surface area (Å²) in [6.07, 6.45) is 2.66. The first-order valence-corrected chi connectivity index (χ1v) is 8.19. The lowest BCUT2D eigenvalue weighted by Crippen LogP contribution is -2.55. The van der Waals surface area contributed by atoms with Crippen molar-refractivity contribution in [2.75, 3.05) is 13.1 Å². The molecule has 1 aliphatic rings. The number of hydrogen-bond donors (Lipinski definition) is 1. The van der Waals surface area contributed by atoms with E-state index in [1.165, 1.54) is 5.56 Å². The van der Waals surface area contributed by atoms with Crippen LogP contribution in [-0.2, 0) is 4.79 Å². The molecule has 0 saturated carbocycles. The minimum atomic E-state index is 0.260. The van der Waals surface area contributed by atoms with Gasteiger partial charge in [0, 0.05) is 31.6 Å². The van der Waals surface area contributed by atoms with Crippen LogP contribution in [0.3, 0.4) is 0 Å². The molecular weight excluding hydrogens is 260 g/mol. The number of piperazine rings is 1. The smallest absolute Gasteiger partial charge is 0.222 e. The number of carbonyl (C=O) groups is 1. The molecule has 1 aromatic rings. The second-order valence-electron chi connectivity index (χ2n) is 6.45. The number of amides is 1. The van der Waals surface area contributed by atoms with Crippen LogP contribution in [0.1, 0.15) is 51.6 Å². The highest BCUT2D eigenvalue weighted by Crippen LogP contribution is 2.24. The van der Waals surface area contributed by atoms with Gasteiger partial charge in [0.2, 0.25) is 5.91 Å². The van der Waals surface area contributed by atoms with Crippen LogP contribution >= 0.6 is 0 Å². The van der Waals surface area contributed by atoms with Gasteiger partial charge >= 0.3 is 0 Å². The summed E-state index contributed by atoms with van der Waals surface area (Å²) in [6, 6.07) is 11.0. The predicted molar refractivity (Wildman–Crippen MR) is 87.0 cm³/mol.